The fourth-order valence-electron chi connectivity index (χ4n) is 1.71. The minimum atomic E-state index is -4.65. The molecule has 0 aliphatic carbocycles. The minimum Gasteiger partial charge on any atom is -0.484 e. The van der Waals surface area contributed by atoms with Gasteiger partial charge in [-0.25, -0.2) is 4.79 Å². The molecule has 5 nitrogen and oxygen atoms in total. The summed E-state index contributed by atoms with van der Waals surface area (Å²) in [6.07, 6.45) is -4.65. The number of halogens is 4. The van der Waals surface area contributed by atoms with Gasteiger partial charge in [0.1, 0.15) is 5.75 Å². The van der Waals surface area contributed by atoms with Gasteiger partial charge in [-0.05, 0) is 18.2 Å². The van der Waals surface area contributed by atoms with Crippen LogP contribution in [0.5, 0.6) is 5.75 Å². The first-order chi connectivity index (χ1) is 11.2. The van der Waals surface area contributed by atoms with E-state index in [4.69, 9.17) is 21.4 Å². The van der Waals surface area contributed by atoms with Crippen molar-refractivity contribution in [3.8, 4) is 5.75 Å². The molecule has 0 fully saturated rings. The summed E-state index contributed by atoms with van der Waals surface area (Å²) in [6.45, 7) is -0.589. The van der Waals surface area contributed by atoms with Crippen molar-refractivity contribution < 1.29 is 32.6 Å². The zero-order valence-corrected chi connectivity index (χ0v) is 13.3. The van der Waals surface area contributed by atoms with E-state index in [0.717, 1.165) is 17.4 Å². The van der Waals surface area contributed by atoms with E-state index in [0.29, 0.717) is 6.07 Å². The maximum atomic E-state index is 12.7. The normalized spacial score (nSPS) is 11.2. The van der Waals surface area contributed by atoms with E-state index in [-0.39, 0.29) is 17.0 Å². The number of carbonyl (C=O) groups is 2. The number of thiophene rings is 1. The Morgan fingerprint density at radius 2 is 2.00 bits per heavy atom. The quantitative estimate of drug-likeness (QED) is 0.818. The van der Waals surface area contributed by atoms with Gasteiger partial charge in [-0.2, -0.15) is 13.2 Å². The van der Waals surface area contributed by atoms with Crippen molar-refractivity contribution in [2.45, 2.75) is 6.18 Å². The molecule has 128 valence electrons. The van der Waals surface area contributed by atoms with Crippen LogP contribution in [0.15, 0.2) is 29.0 Å². The number of nitrogens with one attached hydrogen (secondary N) is 1. The largest absolute Gasteiger partial charge is 0.484 e. The third-order valence-electron chi connectivity index (χ3n) is 2.78. The summed E-state index contributed by atoms with van der Waals surface area (Å²) >= 11 is 6.56. The number of carbonyl (C=O) groups excluding carboxylic acids is 1. The Labute approximate surface area is 142 Å². The van der Waals surface area contributed by atoms with Gasteiger partial charge in [0.2, 0.25) is 0 Å². The zero-order chi connectivity index (χ0) is 17.9. The van der Waals surface area contributed by atoms with Crippen LogP contribution in [0.3, 0.4) is 0 Å². The predicted molar refractivity (Wildman–Crippen MR) is 81.9 cm³/mol. The van der Waals surface area contributed by atoms with Crippen LogP contribution in [-0.4, -0.2) is 23.6 Å². The van der Waals surface area contributed by atoms with Gasteiger partial charge in [-0.1, -0.05) is 11.6 Å². The van der Waals surface area contributed by atoms with E-state index in [1.807, 2.05) is 0 Å². The number of carboxylic acids is 1. The van der Waals surface area contributed by atoms with Gasteiger partial charge in [-0.15, -0.1) is 11.3 Å². The van der Waals surface area contributed by atoms with E-state index in [1.54, 1.807) is 0 Å². The zero-order valence-electron chi connectivity index (χ0n) is 11.7. The van der Waals surface area contributed by atoms with Gasteiger partial charge >= 0.3 is 12.1 Å². The molecule has 0 radical (unpaired) electrons. The van der Waals surface area contributed by atoms with Crippen LogP contribution in [0.25, 0.3) is 0 Å². The highest BCUT2D eigenvalue weighted by molar-refractivity contribution is 7.08. The molecule has 1 heterocycles. The van der Waals surface area contributed by atoms with Gasteiger partial charge < -0.3 is 15.2 Å². The summed E-state index contributed by atoms with van der Waals surface area (Å²) in [5.41, 5.74) is -1.07. The van der Waals surface area contributed by atoms with Crippen molar-refractivity contribution in [1.82, 2.24) is 0 Å². The molecule has 2 aromatic rings. The molecule has 0 bridgehead atoms. The highest BCUT2D eigenvalue weighted by Crippen LogP contribution is 2.36. The molecule has 0 aliphatic heterocycles. The van der Waals surface area contributed by atoms with Crippen LogP contribution >= 0.6 is 22.9 Å². The van der Waals surface area contributed by atoms with Crippen LogP contribution in [0.4, 0.5) is 18.9 Å². The molecule has 2 N–H and O–H groups in total. The second-order valence-electron chi connectivity index (χ2n) is 4.48. The third kappa shape index (κ3) is 4.39. The molecular formula is C14H9ClF3NO4S. The second kappa shape index (κ2) is 7.10. The maximum absolute atomic E-state index is 12.7. The van der Waals surface area contributed by atoms with Gasteiger partial charge in [0.15, 0.2) is 6.61 Å². The number of rotatable bonds is 5. The first kappa shape index (κ1) is 18.1. The Bertz CT molecular complexity index is 776. The van der Waals surface area contributed by atoms with Gasteiger partial charge in [0.05, 0.1) is 21.8 Å². The molecule has 2 rings (SSSR count). The topological polar surface area (TPSA) is 75.6 Å². The maximum Gasteiger partial charge on any atom is 0.417 e. The van der Waals surface area contributed by atoms with Crippen LogP contribution in [0.1, 0.15) is 15.9 Å². The van der Waals surface area contributed by atoms with Crippen LogP contribution in [-0.2, 0) is 11.0 Å². The highest BCUT2D eigenvalue weighted by Gasteiger charge is 2.33. The summed E-state index contributed by atoms with van der Waals surface area (Å²) in [5, 5.41) is 13.5. The average molecular weight is 380 g/mol. The van der Waals surface area contributed by atoms with Crippen LogP contribution in [0.2, 0.25) is 5.02 Å². The molecule has 0 spiro atoms. The van der Waals surface area contributed by atoms with Crippen molar-refractivity contribution in [1.29, 1.82) is 0 Å². The van der Waals surface area contributed by atoms with Crippen molar-refractivity contribution in [2.75, 3.05) is 11.9 Å². The molecule has 24 heavy (non-hydrogen) atoms. The molecule has 0 atom stereocenters. The predicted octanol–water partition coefficient (Wildman–Crippen LogP) is 4.14. The van der Waals surface area contributed by atoms with Gasteiger partial charge in [0.25, 0.3) is 5.91 Å². The van der Waals surface area contributed by atoms with E-state index in [1.165, 1.54) is 16.8 Å². The second-order valence-corrected chi connectivity index (χ2v) is 5.63. The SMILES string of the molecule is O=C(COc1ccc(Cl)c(C(F)(F)F)c1)Nc1cscc1C(=O)O. The third-order valence-corrected chi connectivity index (χ3v) is 3.85. The van der Waals surface area contributed by atoms with Crippen molar-refractivity contribution in [2.24, 2.45) is 0 Å². The summed E-state index contributed by atoms with van der Waals surface area (Å²) in [6, 6.07) is 2.89. The Balaban J connectivity index is 2.02. The lowest BCUT2D eigenvalue weighted by atomic mass is 10.2. The molecular weight excluding hydrogens is 371 g/mol. The lowest BCUT2D eigenvalue weighted by Gasteiger charge is -2.12. The molecule has 10 heteroatoms. The summed E-state index contributed by atoms with van der Waals surface area (Å²) in [7, 11) is 0. The van der Waals surface area contributed by atoms with Crippen molar-refractivity contribution >= 4 is 40.5 Å². The number of hydrogen-bond acceptors (Lipinski definition) is 4. The van der Waals surface area contributed by atoms with E-state index < -0.39 is 35.2 Å². The number of amides is 1. The number of aromatic carboxylic acids is 1. The smallest absolute Gasteiger partial charge is 0.417 e. The number of hydrogen-bond donors (Lipinski definition) is 2. The molecule has 1 aromatic carbocycles. The number of carboxylic acid groups (broad SMARTS) is 1. The Hall–Kier alpha value is -2.26. The van der Waals surface area contributed by atoms with Crippen LogP contribution in [0, 0.1) is 0 Å². The summed E-state index contributed by atoms with van der Waals surface area (Å²) < 4.78 is 43.2. The standard InChI is InChI=1S/C14H9ClF3NO4S/c15-10-2-1-7(3-9(10)14(16,17)18)23-4-12(20)19-11-6-24-5-8(11)13(21)22/h1-3,5-6H,4H2,(H,19,20)(H,21,22). The highest BCUT2D eigenvalue weighted by atomic mass is 35.5. The first-order valence-electron chi connectivity index (χ1n) is 6.27. The van der Waals surface area contributed by atoms with Crippen LogP contribution < -0.4 is 10.1 Å². The fourth-order valence-corrected chi connectivity index (χ4v) is 2.68. The van der Waals surface area contributed by atoms with Crippen molar-refractivity contribution in [3.05, 3.63) is 45.1 Å². The molecule has 0 unspecified atom stereocenters. The molecule has 1 amide bonds. The lowest BCUT2D eigenvalue weighted by Crippen LogP contribution is -2.21. The molecule has 0 saturated carbocycles. The van der Waals surface area contributed by atoms with E-state index in [9.17, 15) is 22.8 Å². The Kier molecular flexibility index (Phi) is 5.35. The van der Waals surface area contributed by atoms with Crippen molar-refractivity contribution in [3.63, 3.8) is 0 Å². The number of alkyl halides is 3. The number of ether oxygens (including phenoxy) is 1. The monoisotopic (exact) mass is 379 g/mol. The van der Waals surface area contributed by atoms with E-state index in [2.05, 4.69) is 5.32 Å². The fraction of sp³-hybridized carbons (Fsp3) is 0.143. The van der Waals surface area contributed by atoms with Gasteiger partial charge in [0, 0.05) is 10.8 Å². The minimum absolute atomic E-state index is 0.0841. The first-order valence-corrected chi connectivity index (χ1v) is 7.59. The van der Waals surface area contributed by atoms with E-state index >= 15 is 0 Å². The summed E-state index contributed by atoms with van der Waals surface area (Å²) in [4.78, 5) is 22.6. The Morgan fingerprint density at radius 3 is 2.62 bits per heavy atom. The average Bonchev–Trinajstić information content (AvgIpc) is 2.93. The summed E-state index contributed by atoms with van der Waals surface area (Å²) in [5.74, 6) is -2.11. The Morgan fingerprint density at radius 1 is 1.29 bits per heavy atom. The van der Waals surface area contributed by atoms with Gasteiger partial charge in [-0.3, -0.25) is 4.79 Å². The lowest BCUT2D eigenvalue weighted by molar-refractivity contribution is -0.137. The molecule has 0 saturated heterocycles. The number of benzene rings is 1. The number of anilines is 1. The molecule has 0 aliphatic rings. The molecule has 1 aromatic heterocycles.